The van der Waals surface area contributed by atoms with E-state index >= 15 is 0 Å². The number of carbonyl (C=O) groups excluding carboxylic acids is 1. The standard InChI is InChI=1S/C12H13ClF3N3O2/c13-7-4-9(12(14,15)16)10(18-5-7)19-3-1-2-8(6-19)21-11(17)20/h4-5,8H,1-3,6H2,(H2,17,20). The van der Waals surface area contributed by atoms with Gasteiger partial charge in [0.15, 0.2) is 0 Å². The van der Waals surface area contributed by atoms with Gasteiger partial charge >= 0.3 is 12.3 Å². The zero-order chi connectivity index (χ0) is 15.6. The summed E-state index contributed by atoms with van der Waals surface area (Å²) < 4.78 is 44.0. The van der Waals surface area contributed by atoms with Crippen molar-refractivity contribution < 1.29 is 22.7 Å². The third-order valence-corrected chi connectivity index (χ3v) is 3.31. The first-order chi connectivity index (χ1) is 9.77. The monoisotopic (exact) mass is 323 g/mol. The molecule has 1 aromatic rings. The number of aromatic nitrogens is 1. The lowest BCUT2D eigenvalue weighted by Crippen LogP contribution is -2.42. The minimum absolute atomic E-state index is 0.0898. The highest BCUT2D eigenvalue weighted by molar-refractivity contribution is 6.30. The highest BCUT2D eigenvalue weighted by atomic mass is 35.5. The van der Waals surface area contributed by atoms with E-state index in [4.69, 9.17) is 22.1 Å². The molecule has 1 fully saturated rings. The molecule has 1 amide bonds. The van der Waals surface area contributed by atoms with Crippen LogP contribution in [-0.4, -0.2) is 30.3 Å². The van der Waals surface area contributed by atoms with E-state index in [-0.39, 0.29) is 17.4 Å². The Bertz CT molecular complexity index is 539. The molecule has 0 aromatic carbocycles. The predicted molar refractivity (Wildman–Crippen MR) is 70.2 cm³/mol. The summed E-state index contributed by atoms with van der Waals surface area (Å²) in [6, 6.07) is 0.836. The van der Waals surface area contributed by atoms with Crippen molar-refractivity contribution in [3.05, 3.63) is 22.8 Å². The minimum atomic E-state index is -4.56. The zero-order valence-electron chi connectivity index (χ0n) is 10.9. The number of pyridine rings is 1. The summed E-state index contributed by atoms with van der Waals surface area (Å²) in [7, 11) is 0. The summed E-state index contributed by atoms with van der Waals surface area (Å²) in [4.78, 5) is 16.0. The van der Waals surface area contributed by atoms with E-state index in [1.165, 1.54) is 4.90 Å². The first-order valence-electron chi connectivity index (χ1n) is 6.21. The molecular formula is C12H13ClF3N3O2. The van der Waals surface area contributed by atoms with Crippen molar-refractivity contribution in [1.29, 1.82) is 0 Å². The van der Waals surface area contributed by atoms with E-state index in [9.17, 15) is 18.0 Å². The molecule has 0 saturated carbocycles. The van der Waals surface area contributed by atoms with Crippen LogP contribution in [0, 0.1) is 0 Å². The Morgan fingerprint density at radius 3 is 2.86 bits per heavy atom. The van der Waals surface area contributed by atoms with E-state index in [0.29, 0.717) is 19.4 Å². The smallest absolute Gasteiger partial charge is 0.420 e. The number of ether oxygens (including phenoxy) is 1. The maximum absolute atomic E-state index is 13.1. The SMILES string of the molecule is NC(=O)OC1CCCN(c2ncc(Cl)cc2C(F)(F)F)C1. The molecule has 116 valence electrons. The quantitative estimate of drug-likeness (QED) is 0.908. The van der Waals surface area contributed by atoms with Crippen LogP contribution in [0.4, 0.5) is 23.8 Å². The third-order valence-electron chi connectivity index (χ3n) is 3.10. The number of anilines is 1. The molecule has 1 aliphatic rings. The van der Waals surface area contributed by atoms with Crippen molar-refractivity contribution >= 4 is 23.5 Å². The minimum Gasteiger partial charge on any atom is -0.445 e. The molecule has 0 bridgehead atoms. The van der Waals surface area contributed by atoms with Crippen LogP contribution in [0.2, 0.25) is 5.02 Å². The van der Waals surface area contributed by atoms with Crippen LogP contribution < -0.4 is 10.6 Å². The molecule has 2 N–H and O–H groups in total. The van der Waals surface area contributed by atoms with Gasteiger partial charge in [0.05, 0.1) is 17.1 Å². The van der Waals surface area contributed by atoms with E-state index in [1.807, 2.05) is 0 Å². The van der Waals surface area contributed by atoms with Crippen molar-refractivity contribution in [3.63, 3.8) is 0 Å². The molecule has 21 heavy (non-hydrogen) atoms. The lowest BCUT2D eigenvalue weighted by Gasteiger charge is -2.34. The largest absolute Gasteiger partial charge is 0.445 e. The number of primary amides is 1. The average Bonchev–Trinajstić information content (AvgIpc) is 2.37. The molecule has 2 rings (SSSR count). The summed E-state index contributed by atoms with van der Waals surface area (Å²) in [6.45, 7) is 0.497. The first kappa shape index (κ1) is 15.7. The van der Waals surface area contributed by atoms with Crippen molar-refractivity contribution in [1.82, 2.24) is 4.98 Å². The van der Waals surface area contributed by atoms with Gasteiger partial charge in [-0.25, -0.2) is 9.78 Å². The van der Waals surface area contributed by atoms with Crippen LogP contribution in [0.25, 0.3) is 0 Å². The Morgan fingerprint density at radius 1 is 1.52 bits per heavy atom. The van der Waals surface area contributed by atoms with E-state index < -0.39 is 23.9 Å². The molecule has 1 saturated heterocycles. The molecular weight excluding hydrogens is 311 g/mol. The number of nitrogens with zero attached hydrogens (tertiary/aromatic N) is 2. The molecule has 9 heteroatoms. The fourth-order valence-corrected chi connectivity index (χ4v) is 2.44. The van der Waals surface area contributed by atoms with Crippen LogP contribution in [0.3, 0.4) is 0 Å². The van der Waals surface area contributed by atoms with Gasteiger partial charge in [0.2, 0.25) is 0 Å². The van der Waals surface area contributed by atoms with Gasteiger partial charge in [-0.1, -0.05) is 11.6 Å². The van der Waals surface area contributed by atoms with Crippen molar-refractivity contribution in [3.8, 4) is 0 Å². The summed E-state index contributed by atoms with van der Waals surface area (Å²) in [5, 5.41) is -0.0898. The first-order valence-corrected chi connectivity index (χ1v) is 6.59. The molecule has 1 atom stereocenters. The van der Waals surface area contributed by atoms with Gasteiger partial charge < -0.3 is 15.4 Å². The van der Waals surface area contributed by atoms with Gasteiger partial charge in [-0.2, -0.15) is 13.2 Å². The number of piperidine rings is 1. The maximum Gasteiger partial charge on any atom is 0.420 e. The molecule has 0 radical (unpaired) electrons. The van der Waals surface area contributed by atoms with Gasteiger partial charge in [-0.15, -0.1) is 0 Å². The topological polar surface area (TPSA) is 68.5 Å². The number of hydrogen-bond acceptors (Lipinski definition) is 4. The van der Waals surface area contributed by atoms with Crippen LogP contribution >= 0.6 is 11.6 Å². The van der Waals surface area contributed by atoms with E-state index in [2.05, 4.69) is 4.98 Å². The lowest BCUT2D eigenvalue weighted by atomic mass is 10.1. The van der Waals surface area contributed by atoms with Crippen LogP contribution in [0.1, 0.15) is 18.4 Å². The molecule has 1 unspecified atom stereocenters. The number of hydrogen-bond donors (Lipinski definition) is 1. The molecule has 5 nitrogen and oxygen atoms in total. The summed E-state index contributed by atoms with van der Waals surface area (Å²) >= 11 is 5.59. The summed E-state index contributed by atoms with van der Waals surface area (Å²) in [6.07, 6.45) is -3.78. The zero-order valence-corrected chi connectivity index (χ0v) is 11.6. The molecule has 2 heterocycles. The van der Waals surface area contributed by atoms with Gasteiger partial charge in [-0.3, -0.25) is 0 Å². The Labute approximate surface area is 123 Å². The lowest BCUT2D eigenvalue weighted by molar-refractivity contribution is -0.137. The summed E-state index contributed by atoms with van der Waals surface area (Å²) in [5.41, 5.74) is 4.03. The Balaban J connectivity index is 2.27. The predicted octanol–water partition coefficient (Wildman–Crippen LogP) is 2.82. The number of halogens is 4. The van der Waals surface area contributed by atoms with Crippen molar-refractivity contribution in [2.24, 2.45) is 5.73 Å². The summed E-state index contributed by atoms with van der Waals surface area (Å²) in [5.74, 6) is -0.218. The highest BCUT2D eigenvalue weighted by Gasteiger charge is 2.37. The maximum atomic E-state index is 13.1. The fraction of sp³-hybridized carbons (Fsp3) is 0.500. The number of carbonyl (C=O) groups is 1. The average molecular weight is 324 g/mol. The molecule has 1 aromatic heterocycles. The molecule has 1 aliphatic heterocycles. The second-order valence-electron chi connectivity index (χ2n) is 4.67. The number of alkyl halides is 3. The number of rotatable bonds is 2. The molecule has 0 spiro atoms. The van der Waals surface area contributed by atoms with Gasteiger partial charge in [-0.05, 0) is 18.9 Å². The van der Waals surface area contributed by atoms with Crippen LogP contribution in [0.15, 0.2) is 12.3 Å². The van der Waals surface area contributed by atoms with Gasteiger partial charge in [0.25, 0.3) is 0 Å². The second kappa shape index (κ2) is 5.97. The Hall–Kier alpha value is -1.70. The van der Waals surface area contributed by atoms with E-state index in [1.54, 1.807) is 0 Å². The fourth-order valence-electron chi connectivity index (χ4n) is 2.28. The van der Waals surface area contributed by atoms with Crippen LogP contribution in [-0.2, 0) is 10.9 Å². The van der Waals surface area contributed by atoms with Gasteiger partial charge in [0, 0.05) is 12.7 Å². The number of nitrogens with two attached hydrogens (primary N) is 1. The van der Waals surface area contributed by atoms with Crippen molar-refractivity contribution in [2.45, 2.75) is 25.1 Å². The third kappa shape index (κ3) is 3.90. The van der Waals surface area contributed by atoms with E-state index in [0.717, 1.165) is 12.3 Å². The normalized spacial score (nSPS) is 19.4. The molecule has 0 aliphatic carbocycles. The van der Waals surface area contributed by atoms with Crippen molar-refractivity contribution in [2.75, 3.05) is 18.0 Å². The number of amides is 1. The van der Waals surface area contributed by atoms with Crippen LogP contribution in [0.5, 0.6) is 0 Å². The Kier molecular flexibility index (Phi) is 4.46. The Morgan fingerprint density at radius 2 is 2.24 bits per heavy atom. The highest BCUT2D eigenvalue weighted by Crippen LogP contribution is 2.37. The second-order valence-corrected chi connectivity index (χ2v) is 5.11. The van der Waals surface area contributed by atoms with Gasteiger partial charge in [0.1, 0.15) is 11.9 Å².